The number of ether oxygens (including phenoxy) is 1. The molecule has 0 radical (unpaired) electrons. The van der Waals surface area contributed by atoms with Gasteiger partial charge in [-0.3, -0.25) is 0 Å². The Bertz CT molecular complexity index is 607. The van der Waals surface area contributed by atoms with Gasteiger partial charge in [0.05, 0.1) is 6.61 Å². The summed E-state index contributed by atoms with van der Waals surface area (Å²) in [6, 6.07) is 17.6. The molecule has 3 heteroatoms. The quantitative estimate of drug-likeness (QED) is 0.855. The predicted molar refractivity (Wildman–Crippen MR) is 73.5 cm³/mol. The zero-order valence-corrected chi connectivity index (χ0v) is 11.0. The van der Waals surface area contributed by atoms with Gasteiger partial charge in [-0.15, -0.1) is 0 Å². The van der Waals surface area contributed by atoms with Gasteiger partial charge in [0.1, 0.15) is 5.75 Å². The number of carboxylic acids is 1. The van der Waals surface area contributed by atoms with Crippen molar-refractivity contribution in [1.82, 2.24) is 0 Å². The van der Waals surface area contributed by atoms with Crippen LogP contribution in [0.25, 0.3) is 0 Å². The maximum atomic E-state index is 11.1. The van der Waals surface area contributed by atoms with E-state index in [1.54, 1.807) is 0 Å². The van der Waals surface area contributed by atoms with Crippen molar-refractivity contribution in [2.45, 2.75) is 18.3 Å². The molecule has 0 unspecified atom stereocenters. The van der Waals surface area contributed by atoms with Gasteiger partial charge < -0.3 is 14.6 Å². The molecule has 0 aliphatic carbocycles. The first-order valence-corrected chi connectivity index (χ1v) is 6.72. The standard InChI is InChI=1S/C17H16O3/c18-17(19)10-14-13-8-4-5-9-16(13)20-11-15(14)12-6-2-1-3-7-12/h1-9,14-15H,10-11H2,(H,18,19)/p-1/t14-,15+/m1/s1. The van der Waals surface area contributed by atoms with Crippen molar-refractivity contribution < 1.29 is 14.6 Å². The number of carbonyl (C=O) groups is 1. The first-order valence-electron chi connectivity index (χ1n) is 6.72. The molecule has 0 aromatic heterocycles. The lowest BCUT2D eigenvalue weighted by molar-refractivity contribution is -0.306. The Labute approximate surface area is 117 Å². The smallest absolute Gasteiger partial charge is 0.122 e. The van der Waals surface area contributed by atoms with Crippen molar-refractivity contribution in [2.24, 2.45) is 0 Å². The number of aliphatic carboxylic acids is 1. The number of fused-ring (bicyclic) bond motifs is 1. The topological polar surface area (TPSA) is 49.4 Å². The fourth-order valence-electron chi connectivity index (χ4n) is 2.89. The normalized spacial score (nSPS) is 20.8. The highest BCUT2D eigenvalue weighted by Gasteiger charge is 2.31. The molecule has 1 heterocycles. The van der Waals surface area contributed by atoms with Gasteiger partial charge in [0.15, 0.2) is 0 Å². The van der Waals surface area contributed by atoms with Crippen LogP contribution in [0.4, 0.5) is 0 Å². The lowest BCUT2D eigenvalue weighted by Crippen LogP contribution is -2.31. The van der Waals surface area contributed by atoms with Crippen LogP contribution in [0.5, 0.6) is 5.75 Å². The highest BCUT2D eigenvalue weighted by molar-refractivity contribution is 5.66. The number of hydrogen-bond acceptors (Lipinski definition) is 3. The Balaban J connectivity index is 2.01. The third kappa shape index (κ3) is 2.39. The van der Waals surface area contributed by atoms with Gasteiger partial charge in [0.25, 0.3) is 0 Å². The Morgan fingerprint density at radius 1 is 1.10 bits per heavy atom. The molecule has 0 saturated heterocycles. The minimum atomic E-state index is -1.02. The summed E-state index contributed by atoms with van der Waals surface area (Å²) in [5.74, 6) is -0.296. The summed E-state index contributed by atoms with van der Waals surface area (Å²) in [7, 11) is 0. The lowest BCUT2D eigenvalue weighted by Gasteiger charge is -2.34. The van der Waals surface area contributed by atoms with E-state index in [4.69, 9.17) is 4.74 Å². The Hall–Kier alpha value is -2.29. The molecule has 3 rings (SSSR count). The highest BCUT2D eigenvalue weighted by Crippen LogP contribution is 2.43. The van der Waals surface area contributed by atoms with Crippen LogP contribution in [-0.2, 0) is 4.79 Å². The zero-order valence-electron chi connectivity index (χ0n) is 11.0. The van der Waals surface area contributed by atoms with Crippen LogP contribution in [0.15, 0.2) is 54.6 Å². The summed E-state index contributed by atoms with van der Waals surface area (Å²) in [5, 5.41) is 11.1. The molecule has 1 aliphatic heterocycles. The van der Waals surface area contributed by atoms with Crippen LogP contribution in [0.3, 0.4) is 0 Å². The van der Waals surface area contributed by atoms with Gasteiger partial charge in [0.2, 0.25) is 0 Å². The first-order chi connectivity index (χ1) is 9.75. The third-order valence-corrected chi connectivity index (χ3v) is 3.84. The molecule has 1 aliphatic rings. The summed E-state index contributed by atoms with van der Waals surface area (Å²) in [4.78, 5) is 11.1. The van der Waals surface area contributed by atoms with Crippen LogP contribution in [-0.4, -0.2) is 12.6 Å². The molecule has 102 valence electrons. The van der Waals surface area contributed by atoms with Crippen LogP contribution in [0.2, 0.25) is 0 Å². The minimum Gasteiger partial charge on any atom is -0.550 e. The van der Waals surface area contributed by atoms with E-state index in [0.717, 1.165) is 16.9 Å². The number of benzene rings is 2. The SMILES string of the molecule is O=C([O-])C[C@@H]1c2ccccc2OC[C@H]1c1ccccc1. The van der Waals surface area contributed by atoms with E-state index in [0.29, 0.717) is 6.61 Å². The van der Waals surface area contributed by atoms with E-state index >= 15 is 0 Å². The fourth-order valence-corrected chi connectivity index (χ4v) is 2.89. The molecule has 0 N–H and O–H groups in total. The van der Waals surface area contributed by atoms with Crippen molar-refractivity contribution >= 4 is 5.97 Å². The summed E-state index contributed by atoms with van der Waals surface area (Å²) >= 11 is 0. The molecule has 2 atom stereocenters. The monoisotopic (exact) mass is 267 g/mol. The van der Waals surface area contributed by atoms with Crippen molar-refractivity contribution in [2.75, 3.05) is 6.61 Å². The molecule has 2 aromatic rings. The van der Waals surface area contributed by atoms with Crippen LogP contribution in [0, 0.1) is 0 Å². The van der Waals surface area contributed by atoms with Gasteiger partial charge in [-0.25, -0.2) is 0 Å². The average Bonchev–Trinajstić information content (AvgIpc) is 2.48. The summed E-state index contributed by atoms with van der Waals surface area (Å²) in [5.41, 5.74) is 2.06. The largest absolute Gasteiger partial charge is 0.550 e. The zero-order chi connectivity index (χ0) is 13.9. The summed E-state index contributed by atoms with van der Waals surface area (Å²) in [6.45, 7) is 0.499. The lowest BCUT2D eigenvalue weighted by atomic mass is 9.78. The number of rotatable bonds is 3. The number of carboxylic acid groups (broad SMARTS) is 1. The van der Waals surface area contributed by atoms with Gasteiger partial charge >= 0.3 is 0 Å². The van der Waals surface area contributed by atoms with Gasteiger partial charge in [-0.2, -0.15) is 0 Å². The van der Waals surface area contributed by atoms with E-state index in [1.165, 1.54) is 0 Å². The second-order valence-corrected chi connectivity index (χ2v) is 5.05. The molecule has 0 saturated carbocycles. The molecule has 20 heavy (non-hydrogen) atoms. The Morgan fingerprint density at radius 3 is 2.55 bits per heavy atom. The van der Waals surface area contributed by atoms with Crippen LogP contribution in [0.1, 0.15) is 29.4 Å². The second kappa shape index (κ2) is 5.37. The first kappa shape index (κ1) is 12.7. The predicted octanol–water partition coefficient (Wildman–Crippen LogP) is 2.09. The number of para-hydroxylation sites is 1. The molecule has 0 amide bonds. The van der Waals surface area contributed by atoms with E-state index < -0.39 is 5.97 Å². The molecule has 0 fully saturated rings. The minimum absolute atomic E-state index is 0.0138. The van der Waals surface area contributed by atoms with Gasteiger partial charge in [0, 0.05) is 17.8 Å². The van der Waals surface area contributed by atoms with Crippen molar-refractivity contribution in [3.63, 3.8) is 0 Å². The number of carbonyl (C=O) groups excluding carboxylic acids is 1. The average molecular weight is 267 g/mol. The maximum absolute atomic E-state index is 11.1. The summed E-state index contributed by atoms with van der Waals surface area (Å²) < 4.78 is 5.79. The van der Waals surface area contributed by atoms with Gasteiger partial charge in [-0.1, -0.05) is 48.5 Å². The highest BCUT2D eigenvalue weighted by atomic mass is 16.5. The Kier molecular flexibility index (Phi) is 3.42. The molecular formula is C17H15O3-. The van der Waals surface area contributed by atoms with Gasteiger partial charge in [-0.05, 0) is 23.6 Å². The van der Waals surface area contributed by atoms with Crippen LogP contribution >= 0.6 is 0 Å². The van der Waals surface area contributed by atoms with Crippen molar-refractivity contribution in [3.8, 4) is 5.75 Å². The maximum Gasteiger partial charge on any atom is 0.122 e. The van der Waals surface area contributed by atoms with E-state index in [1.807, 2.05) is 54.6 Å². The molecule has 0 spiro atoms. The Morgan fingerprint density at radius 2 is 1.80 bits per heavy atom. The molecular weight excluding hydrogens is 252 g/mol. The van der Waals surface area contributed by atoms with Crippen molar-refractivity contribution in [1.29, 1.82) is 0 Å². The fraction of sp³-hybridized carbons (Fsp3) is 0.235. The van der Waals surface area contributed by atoms with E-state index in [2.05, 4.69) is 0 Å². The molecule has 2 aromatic carbocycles. The second-order valence-electron chi connectivity index (χ2n) is 5.05. The molecule has 0 bridgehead atoms. The summed E-state index contributed by atoms with van der Waals surface area (Å²) in [6.07, 6.45) is 0.0138. The van der Waals surface area contributed by atoms with E-state index in [-0.39, 0.29) is 18.3 Å². The number of hydrogen-bond donors (Lipinski definition) is 0. The van der Waals surface area contributed by atoms with E-state index in [9.17, 15) is 9.90 Å². The van der Waals surface area contributed by atoms with Crippen molar-refractivity contribution in [3.05, 3.63) is 65.7 Å². The van der Waals surface area contributed by atoms with Crippen LogP contribution < -0.4 is 9.84 Å². The molecule has 3 nitrogen and oxygen atoms in total. The third-order valence-electron chi connectivity index (χ3n) is 3.84.